The van der Waals surface area contributed by atoms with Gasteiger partial charge in [-0.3, -0.25) is 0 Å². The summed E-state index contributed by atoms with van der Waals surface area (Å²) in [6.45, 7) is 4.09. The van der Waals surface area contributed by atoms with Crippen molar-refractivity contribution in [2.24, 2.45) is 5.73 Å². The average molecular weight is 260 g/mol. The van der Waals surface area contributed by atoms with Crippen LogP contribution in [0.15, 0.2) is 30.6 Å². The van der Waals surface area contributed by atoms with Crippen molar-refractivity contribution < 1.29 is 4.39 Å². The van der Waals surface area contributed by atoms with Crippen LogP contribution in [0.25, 0.3) is 0 Å². The average Bonchev–Trinajstić information content (AvgIpc) is 2.85. The van der Waals surface area contributed by atoms with Crippen molar-refractivity contribution in [1.82, 2.24) is 9.55 Å². The fraction of sp³-hybridized carbons (Fsp3) is 0.357. The molecule has 4 nitrogen and oxygen atoms in total. The van der Waals surface area contributed by atoms with E-state index in [9.17, 15) is 4.39 Å². The first-order valence-corrected chi connectivity index (χ1v) is 6.46. The number of benzene rings is 1. The molecule has 3 rings (SSSR count). The molecular formula is C14H17FN4. The lowest BCUT2D eigenvalue weighted by atomic mass is 10.0. The number of halogens is 1. The number of aromatic nitrogens is 2. The molecule has 2 heterocycles. The maximum atomic E-state index is 14.2. The van der Waals surface area contributed by atoms with Crippen LogP contribution >= 0.6 is 0 Å². The van der Waals surface area contributed by atoms with Gasteiger partial charge in [0.2, 0.25) is 0 Å². The molecule has 0 saturated heterocycles. The lowest BCUT2D eigenvalue weighted by Gasteiger charge is -2.32. The fourth-order valence-corrected chi connectivity index (χ4v) is 2.60. The SMILES string of the molecule is C[C@@H](N)c1cccc(F)c1N1CCn2ccnc2C1. The second kappa shape index (κ2) is 4.66. The van der Waals surface area contributed by atoms with Gasteiger partial charge in [0, 0.05) is 31.5 Å². The summed E-state index contributed by atoms with van der Waals surface area (Å²) < 4.78 is 16.3. The zero-order chi connectivity index (χ0) is 13.4. The molecule has 1 aliphatic rings. The summed E-state index contributed by atoms with van der Waals surface area (Å²) in [4.78, 5) is 6.33. The molecule has 5 heteroatoms. The summed E-state index contributed by atoms with van der Waals surface area (Å²) in [5.74, 6) is 0.750. The Balaban J connectivity index is 2.00. The van der Waals surface area contributed by atoms with Gasteiger partial charge in [0.15, 0.2) is 0 Å². The number of imidazole rings is 1. The first-order valence-electron chi connectivity index (χ1n) is 6.46. The molecule has 2 aromatic rings. The van der Waals surface area contributed by atoms with Crippen LogP contribution in [0.2, 0.25) is 0 Å². The standard InChI is InChI=1S/C14H17FN4/c1-10(16)11-3-2-4-12(15)14(11)19-8-7-18-6-5-17-13(18)9-19/h2-6,10H,7-9,16H2,1H3/t10-/m1/s1. The van der Waals surface area contributed by atoms with Crippen molar-refractivity contribution in [3.63, 3.8) is 0 Å². The number of rotatable bonds is 2. The maximum absolute atomic E-state index is 14.2. The van der Waals surface area contributed by atoms with Crippen LogP contribution in [0.4, 0.5) is 10.1 Å². The highest BCUT2D eigenvalue weighted by Gasteiger charge is 2.22. The number of para-hydroxylation sites is 1. The highest BCUT2D eigenvalue weighted by Crippen LogP contribution is 2.30. The number of anilines is 1. The molecule has 0 aliphatic carbocycles. The van der Waals surface area contributed by atoms with Gasteiger partial charge in [-0.25, -0.2) is 9.37 Å². The Morgan fingerprint density at radius 1 is 1.37 bits per heavy atom. The normalized spacial score (nSPS) is 16.3. The van der Waals surface area contributed by atoms with Crippen LogP contribution in [-0.2, 0) is 13.1 Å². The smallest absolute Gasteiger partial charge is 0.146 e. The molecule has 0 amide bonds. The molecular weight excluding hydrogens is 243 g/mol. The van der Waals surface area contributed by atoms with E-state index in [1.54, 1.807) is 12.3 Å². The molecule has 100 valence electrons. The topological polar surface area (TPSA) is 47.1 Å². The summed E-state index contributed by atoms with van der Waals surface area (Å²) in [6, 6.07) is 4.90. The number of nitrogens with zero attached hydrogens (tertiary/aromatic N) is 3. The summed E-state index contributed by atoms with van der Waals surface area (Å²) in [5.41, 5.74) is 7.42. The van der Waals surface area contributed by atoms with Gasteiger partial charge < -0.3 is 15.2 Å². The van der Waals surface area contributed by atoms with E-state index in [0.29, 0.717) is 12.2 Å². The maximum Gasteiger partial charge on any atom is 0.146 e. The molecule has 1 aromatic carbocycles. The number of hydrogen-bond donors (Lipinski definition) is 1. The van der Waals surface area contributed by atoms with Crippen LogP contribution < -0.4 is 10.6 Å². The zero-order valence-electron chi connectivity index (χ0n) is 10.9. The van der Waals surface area contributed by atoms with E-state index in [2.05, 4.69) is 9.55 Å². The van der Waals surface area contributed by atoms with Gasteiger partial charge >= 0.3 is 0 Å². The van der Waals surface area contributed by atoms with Crippen molar-refractivity contribution in [3.8, 4) is 0 Å². The van der Waals surface area contributed by atoms with Gasteiger partial charge in [0.25, 0.3) is 0 Å². The molecule has 0 spiro atoms. The first kappa shape index (κ1) is 12.2. The Bertz CT molecular complexity index is 591. The molecule has 0 fully saturated rings. The second-order valence-electron chi connectivity index (χ2n) is 4.92. The van der Waals surface area contributed by atoms with Gasteiger partial charge in [0.05, 0.1) is 12.2 Å². The lowest BCUT2D eigenvalue weighted by molar-refractivity contribution is 0.540. The Labute approximate surface area is 111 Å². The highest BCUT2D eigenvalue weighted by molar-refractivity contribution is 5.56. The van der Waals surface area contributed by atoms with Crippen molar-refractivity contribution >= 4 is 5.69 Å². The Morgan fingerprint density at radius 3 is 3.00 bits per heavy atom. The predicted molar refractivity (Wildman–Crippen MR) is 72.3 cm³/mol. The molecule has 19 heavy (non-hydrogen) atoms. The van der Waals surface area contributed by atoms with Crippen LogP contribution in [0.5, 0.6) is 0 Å². The zero-order valence-corrected chi connectivity index (χ0v) is 10.9. The minimum Gasteiger partial charge on any atom is -0.360 e. The Morgan fingerprint density at radius 2 is 2.21 bits per heavy atom. The van der Waals surface area contributed by atoms with Crippen molar-refractivity contribution in [1.29, 1.82) is 0 Å². The molecule has 1 aliphatic heterocycles. The molecule has 1 atom stereocenters. The minimum atomic E-state index is -0.213. The van der Waals surface area contributed by atoms with E-state index in [-0.39, 0.29) is 11.9 Å². The Kier molecular flexibility index (Phi) is 2.98. The van der Waals surface area contributed by atoms with Gasteiger partial charge in [-0.05, 0) is 18.6 Å². The molecule has 0 bridgehead atoms. The van der Waals surface area contributed by atoms with E-state index in [1.807, 2.05) is 24.1 Å². The fourth-order valence-electron chi connectivity index (χ4n) is 2.60. The summed E-state index contributed by atoms with van der Waals surface area (Å²) >= 11 is 0. The quantitative estimate of drug-likeness (QED) is 0.899. The van der Waals surface area contributed by atoms with Crippen LogP contribution in [0, 0.1) is 5.82 Å². The number of hydrogen-bond acceptors (Lipinski definition) is 3. The van der Waals surface area contributed by atoms with Gasteiger partial charge in [-0.15, -0.1) is 0 Å². The van der Waals surface area contributed by atoms with Crippen LogP contribution in [0.1, 0.15) is 24.4 Å². The third kappa shape index (κ3) is 2.10. The summed E-state index contributed by atoms with van der Waals surface area (Å²) in [5, 5.41) is 0. The Hall–Kier alpha value is -1.88. The van der Waals surface area contributed by atoms with E-state index >= 15 is 0 Å². The van der Waals surface area contributed by atoms with Crippen LogP contribution in [-0.4, -0.2) is 16.1 Å². The van der Waals surface area contributed by atoms with E-state index < -0.39 is 0 Å². The summed E-state index contributed by atoms with van der Waals surface area (Å²) in [7, 11) is 0. The summed E-state index contributed by atoms with van der Waals surface area (Å²) in [6.07, 6.45) is 3.74. The molecule has 0 radical (unpaired) electrons. The van der Waals surface area contributed by atoms with Gasteiger partial charge in [0.1, 0.15) is 11.6 Å². The molecule has 0 saturated carbocycles. The van der Waals surface area contributed by atoms with E-state index in [0.717, 1.165) is 24.5 Å². The van der Waals surface area contributed by atoms with Gasteiger partial charge in [-0.2, -0.15) is 0 Å². The number of fused-ring (bicyclic) bond motifs is 1. The van der Waals surface area contributed by atoms with Crippen molar-refractivity contribution in [3.05, 3.63) is 47.8 Å². The van der Waals surface area contributed by atoms with E-state index in [4.69, 9.17) is 5.73 Å². The lowest BCUT2D eigenvalue weighted by Crippen LogP contribution is -2.35. The third-order valence-corrected chi connectivity index (χ3v) is 3.57. The molecule has 0 unspecified atom stereocenters. The second-order valence-corrected chi connectivity index (χ2v) is 4.92. The molecule has 2 N–H and O–H groups in total. The van der Waals surface area contributed by atoms with Crippen LogP contribution in [0.3, 0.4) is 0 Å². The number of nitrogens with two attached hydrogens (primary N) is 1. The third-order valence-electron chi connectivity index (χ3n) is 3.57. The predicted octanol–water partition coefficient (Wildman–Crippen LogP) is 2.06. The first-order chi connectivity index (χ1) is 9.16. The van der Waals surface area contributed by atoms with Crippen molar-refractivity contribution in [2.45, 2.75) is 26.1 Å². The van der Waals surface area contributed by atoms with Gasteiger partial charge in [-0.1, -0.05) is 12.1 Å². The van der Waals surface area contributed by atoms with Crippen molar-refractivity contribution in [2.75, 3.05) is 11.4 Å². The van der Waals surface area contributed by atoms with E-state index in [1.165, 1.54) is 6.07 Å². The minimum absolute atomic E-state index is 0.188. The molecule has 1 aromatic heterocycles. The largest absolute Gasteiger partial charge is 0.360 e. The monoisotopic (exact) mass is 260 g/mol. The highest BCUT2D eigenvalue weighted by atomic mass is 19.1.